The normalized spacial score (nSPS) is 19.3. The zero-order valence-electron chi connectivity index (χ0n) is 13.5. The number of likely N-dealkylation sites (tertiary alicyclic amines) is 1. The number of nitrogens with zero attached hydrogens (tertiary/aromatic N) is 1. The van der Waals surface area contributed by atoms with E-state index in [0.29, 0.717) is 11.4 Å². The van der Waals surface area contributed by atoms with Crippen LogP contribution in [0.3, 0.4) is 0 Å². The van der Waals surface area contributed by atoms with Crippen molar-refractivity contribution in [2.45, 2.75) is 38.1 Å². The summed E-state index contributed by atoms with van der Waals surface area (Å²) in [6.07, 6.45) is 5.02. The first-order chi connectivity index (χ1) is 11.7. The van der Waals surface area contributed by atoms with Crippen LogP contribution in [-0.4, -0.2) is 29.3 Å². The van der Waals surface area contributed by atoms with Crippen molar-refractivity contribution in [3.63, 3.8) is 0 Å². The van der Waals surface area contributed by atoms with Crippen LogP contribution >= 0.6 is 11.3 Å². The van der Waals surface area contributed by atoms with Gasteiger partial charge in [0.05, 0.1) is 4.88 Å². The molecule has 1 aliphatic carbocycles. The molecule has 2 heterocycles. The molecule has 1 fully saturated rings. The van der Waals surface area contributed by atoms with Gasteiger partial charge in [0.15, 0.2) is 0 Å². The van der Waals surface area contributed by atoms with Crippen molar-refractivity contribution in [1.82, 2.24) is 4.90 Å². The fourth-order valence-electron chi connectivity index (χ4n) is 3.70. The zero-order chi connectivity index (χ0) is 16.5. The lowest BCUT2D eigenvalue weighted by Crippen LogP contribution is -2.42. The fourth-order valence-corrected chi connectivity index (χ4v) is 4.38. The number of fused-ring (bicyclic) bond motifs is 1. The molecule has 1 aromatic heterocycles. The van der Waals surface area contributed by atoms with E-state index in [9.17, 15) is 9.59 Å². The smallest absolute Gasteiger partial charge is 0.264 e. The van der Waals surface area contributed by atoms with Gasteiger partial charge in [-0.15, -0.1) is 11.3 Å². The van der Waals surface area contributed by atoms with Crippen LogP contribution in [0.4, 0.5) is 5.69 Å². The molecule has 0 unspecified atom stereocenters. The lowest BCUT2D eigenvalue weighted by Gasteiger charge is -2.23. The van der Waals surface area contributed by atoms with Gasteiger partial charge in [-0.25, -0.2) is 0 Å². The summed E-state index contributed by atoms with van der Waals surface area (Å²) in [7, 11) is 0. The van der Waals surface area contributed by atoms with E-state index < -0.39 is 0 Å². The van der Waals surface area contributed by atoms with Crippen molar-refractivity contribution in [2.75, 3.05) is 11.9 Å². The summed E-state index contributed by atoms with van der Waals surface area (Å²) >= 11 is 1.43. The molecule has 124 valence electrons. The lowest BCUT2D eigenvalue weighted by molar-refractivity contribution is -0.119. The third-order valence-electron chi connectivity index (χ3n) is 4.91. The van der Waals surface area contributed by atoms with Gasteiger partial charge in [0.25, 0.3) is 5.91 Å². The number of hydrogen-bond donors (Lipinski definition) is 1. The van der Waals surface area contributed by atoms with Crippen LogP contribution < -0.4 is 5.32 Å². The van der Waals surface area contributed by atoms with Crippen LogP contribution in [0.5, 0.6) is 0 Å². The van der Waals surface area contributed by atoms with E-state index >= 15 is 0 Å². The lowest BCUT2D eigenvalue weighted by atomic mass is 10.1. The number of carbonyl (C=O) groups excluding carboxylic acids is 2. The standard InChI is InChI=1S/C19H20N2O2S/c22-18(20-15-9-8-13-4-1-5-14(13)12-15)16-6-2-10-21(16)19(23)17-7-3-11-24-17/h3,7-9,11-12,16H,1-2,4-6,10H2,(H,20,22)/t16-/m0/s1. The van der Waals surface area contributed by atoms with Crippen molar-refractivity contribution in [3.8, 4) is 0 Å². The number of benzene rings is 1. The molecule has 0 radical (unpaired) electrons. The SMILES string of the molecule is O=C(Nc1ccc2c(c1)CCC2)[C@@H]1CCCN1C(=O)c1cccs1. The molecule has 0 bridgehead atoms. The van der Waals surface area contributed by atoms with Crippen molar-refractivity contribution in [3.05, 3.63) is 51.7 Å². The molecule has 24 heavy (non-hydrogen) atoms. The molecule has 1 N–H and O–H groups in total. The fraction of sp³-hybridized carbons (Fsp3) is 0.368. The van der Waals surface area contributed by atoms with Crippen LogP contribution in [0.15, 0.2) is 35.7 Å². The molecule has 4 nitrogen and oxygen atoms in total. The maximum atomic E-state index is 12.7. The Kier molecular flexibility index (Phi) is 4.10. The van der Waals surface area contributed by atoms with Gasteiger partial charge in [-0.05, 0) is 66.8 Å². The van der Waals surface area contributed by atoms with Crippen molar-refractivity contribution in [1.29, 1.82) is 0 Å². The Labute approximate surface area is 145 Å². The number of aryl methyl sites for hydroxylation is 2. The van der Waals surface area contributed by atoms with E-state index in [4.69, 9.17) is 0 Å². The van der Waals surface area contributed by atoms with Crippen LogP contribution in [0.1, 0.15) is 40.1 Å². The minimum atomic E-state index is -0.368. The first kappa shape index (κ1) is 15.4. The van der Waals surface area contributed by atoms with E-state index in [2.05, 4.69) is 17.4 Å². The van der Waals surface area contributed by atoms with E-state index in [0.717, 1.165) is 31.4 Å². The van der Waals surface area contributed by atoms with Gasteiger partial charge in [-0.2, -0.15) is 0 Å². The highest BCUT2D eigenvalue weighted by Crippen LogP contribution is 2.27. The Hall–Kier alpha value is -2.14. The second kappa shape index (κ2) is 6.40. The topological polar surface area (TPSA) is 49.4 Å². The molecular formula is C19H20N2O2S. The molecule has 4 rings (SSSR count). The molecule has 1 aliphatic heterocycles. The molecule has 1 aromatic carbocycles. The number of rotatable bonds is 3. The predicted molar refractivity (Wildman–Crippen MR) is 95.5 cm³/mol. The molecule has 2 aromatic rings. The largest absolute Gasteiger partial charge is 0.326 e. The van der Waals surface area contributed by atoms with Crippen LogP contribution in [-0.2, 0) is 17.6 Å². The van der Waals surface area contributed by atoms with Crippen LogP contribution in [0.2, 0.25) is 0 Å². The van der Waals surface area contributed by atoms with Crippen LogP contribution in [0, 0.1) is 0 Å². The summed E-state index contributed by atoms with van der Waals surface area (Å²) in [6, 6.07) is 9.49. The van der Waals surface area contributed by atoms with E-state index in [1.165, 1.54) is 28.9 Å². The minimum absolute atomic E-state index is 0.0309. The van der Waals surface area contributed by atoms with Crippen molar-refractivity contribution in [2.24, 2.45) is 0 Å². The molecule has 1 saturated heterocycles. The molecule has 1 atom stereocenters. The molecule has 0 saturated carbocycles. The number of nitrogens with one attached hydrogen (secondary N) is 1. The van der Waals surface area contributed by atoms with Crippen molar-refractivity contribution < 1.29 is 9.59 Å². The van der Waals surface area contributed by atoms with Gasteiger partial charge in [-0.1, -0.05) is 12.1 Å². The zero-order valence-corrected chi connectivity index (χ0v) is 14.3. The summed E-state index contributed by atoms with van der Waals surface area (Å²) in [5.41, 5.74) is 3.57. The summed E-state index contributed by atoms with van der Waals surface area (Å²) < 4.78 is 0. The van der Waals surface area contributed by atoms with Gasteiger partial charge < -0.3 is 10.2 Å². The first-order valence-electron chi connectivity index (χ1n) is 8.49. The molecular weight excluding hydrogens is 320 g/mol. The number of carbonyl (C=O) groups is 2. The van der Waals surface area contributed by atoms with Gasteiger partial charge in [0, 0.05) is 12.2 Å². The highest BCUT2D eigenvalue weighted by atomic mass is 32.1. The summed E-state index contributed by atoms with van der Waals surface area (Å²) in [5, 5.41) is 4.91. The Morgan fingerprint density at radius 1 is 1.12 bits per heavy atom. The maximum absolute atomic E-state index is 12.7. The molecule has 2 amide bonds. The van der Waals surface area contributed by atoms with Gasteiger partial charge in [0.1, 0.15) is 6.04 Å². The Morgan fingerprint density at radius 2 is 2.00 bits per heavy atom. The monoisotopic (exact) mass is 340 g/mol. The van der Waals surface area contributed by atoms with E-state index in [-0.39, 0.29) is 17.9 Å². The second-order valence-electron chi connectivity index (χ2n) is 6.46. The molecule has 0 spiro atoms. The second-order valence-corrected chi connectivity index (χ2v) is 7.41. The maximum Gasteiger partial charge on any atom is 0.264 e. The van der Waals surface area contributed by atoms with E-state index in [1.807, 2.05) is 23.6 Å². The van der Waals surface area contributed by atoms with Crippen LogP contribution in [0.25, 0.3) is 0 Å². The highest BCUT2D eigenvalue weighted by Gasteiger charge is 2.35. The molecule has 2 aliphatic rings. The Balaban J connectivity index is 1.48. The number of amides is 2. The van der Waals surface area contributed by atoms with E-state index in [1.54, 1.807) is 4.90 Å². The average molecular weight is 340 g/mol. The third-order valence-corrected chi connectivity index (χ3v) is 5.77. The van der Waals surface area contributed by atoms with Gasteiger partial charge >= 0.3 is 0 Å². The molecule has 5 heteroatoms. The summed E-state index contributed by atoms with van der Waals surface area (Å²) in [5.74, 6) is -0.105. The Bertz CT molecular complexity index is 770. The van der Waals surface area contributed by atoms with Gasteiger partial charge in [0.2, 0.25) is 5.91 Å². The highest BCUT2D eigenvalue weighted by molar-refractivity contribution is 7.12. The average Bonchev–Trinajstić information content (AvgIpc) is 3.33. The summed E-state index contributed by atoms with van der Waals surface area (Å²) in [4.78, 5) is 27.7. The Morgan fingerprint density at radius 3 is 2.83 bits per heavy atom. The third kappa shape index (κ3) is 2.84. The predicted octanol–water partition coefficient (Wildman–Crippen LogP) is 3.48. The van der Waals surface area contributed by atoms with Crippen molar-refractivity contribution >= 4 is 28.8 Å². The first-order valence-corrected chi connectivity index (χ1v) is 9.37. The number of anilines is 1. The quantitative estimate of drug-likeness (QED) is 0.930. The number of thiophene rings is 1. The summed E-state index contributed by atoms with van der Waals surface area (Å²) in [6.45, 7) is 0.652. The van der Waals surface area contributed by atoms with Gasteiger partial charge in [-0.3, -0.25) is 9.59 Å². The number of hydrogen-bond acceptors (Lipinski definition) is 3. The minimum Gasteiger partial charge on any atom is -0.326 e.